The summed E-state index contributed by atoms with van der Waals surface area (Å²) in [6.45, 7) is 0.697. The van der Waals surface area contributed by atoms with Gasteiger partial charge in [-0.05, 0) is 55.7 Å². The molecule has 20 heavy (non-hydrogen) atoms. The van der Waals surface area contributed by atoms with Crippen molar-refractivity contribution in [2.75, 3.05) is 11.9 Å². The molecule has 1 aromatic carbocycles. The number of aliphatic hydroxyl groups excluding tert-OH is 1. The smallest absolute Gasteiger partial charge is 0.293 e. The average molecular weight is 297 g/mol. The third kappa shape index (κ3) is 3.84. The van der Waals surface area contributed by atoms with E-state index in [1.165, 1.54) is 6.07 Å². The second-order valence-electron chi connectivity index (χ2n) is 5.11. The van der Waals surface area contributed by atoms with E-state index >= 15 is 0 Å². The van der Waals surface area contributed by atoms with Gasteiger partial charge in [0.05, 0.1) is 11.0 Å². The minimum absolute atomic E-state index is 0.0521. The maximum Gasteiger partial charge on any atom is 0.293 e. The summed E-state index contributed by atoms with van der Waals surface area (Å²) in [5.74, 6) is 0.460. The molecular formula is C13H19N3O3S. The van der Waals surface area contributed by atoms with Crippen molar-refractivity contribution < 1.29 is 10.0 Å². The maximum atomic E-state index is 11.1. The summed E-state index contributed by atoms with van der Waals surface area (Å²) in [6, 6.07) is 4.95. The van der Waals surface area contributed by atoms with Gasteiger partial charge < -0.3 is 10.4 Å². The van der Waals surface area contributed by atoms with Gasteiger partial charge in [0, 0.05) is 17.5 Å². The third-order valence-corrected chi connectivity index (χ3v) is 4.23. The number of hydrogen-bond acceptors (Lipinski definition) is 6. The van der Waals surface area contributed by atoms with Crippen molar-refractivity contribution in [3.8, 4) is 0 Å². The van der Waals surface area contributed by atoms with Gasteiger partial charge >= 0.3 is 0 Å². The van der Waals surface area contributed by atoms with E-state index in [0.29, 0.717) is 23.0 Å². The Labute approximate surface area is 122 Å². The van der Waals surface area contributed by atoms with Crippen molar-refractivity contribution in [1.82, 2.24) is 0 Å². The fourth-order valence-corrected chi connectivity index (χ4v) is 2.81. The van der Waals surface area contributed by atoms with Crippen molar-refractivity contribution in [1.29, 1.82) is 0 Å². The highest BCUT2D eigenvalue weighted by Crippen LogP contribution is 2.30. The number of nitro benzene ring substituents is 1. The molecule has 0 saturated heterocycles. The Hall–Kier alpha value is -1.31. The monoisotopic (exact) mass is 297 g/mol. The van der Waals surface area contributed by atoms with Crippen molar-refractivity contribution in [3.05, 3.63) is 28.3 Å². The van der Waals surface area contributed by atoms with E-state index < -0.39 is 4.92 Å². The highest BCUT2D eigenvalue weighted by Gasteiger charge is 2.20. The first-order valence-corrected chi connectivity index (χ1v) is 7.55. The van der Waals surface area contributed by atoms with Gasteiger partial charge in [0.2, 0.25) is 0 Å². The number of rotatable bonds is 5. The van der Waals surface area contributed by atoms with E-state index in [1.807, 2.05) is 0 Å². The Kier molecular flexibility index (Phi) is 5.22. The van der Waals surface area contributed by atoms with Gasteiger partial charge in [-0.15, -0.1) is 0 Å². The average Bonchev–Trinajstić information content (AvgIpc) is 2.46. The van der Waals surface area contributed by atoms with Crippen LogP contribution in [0.25, 0.3) is 0 Å². The Morgan fingerprint density at radius 1 is 1.40 bits per heavy atom. The summed E-state index contributed by atoms with van der Waals surface area (Å²) in [5, 5.41) is 29.1. The summed E-state index contributed by atoms with van der Waals surface area (Å²) in [5.41, 5.74) is 0.579. The molecule has 6 nitrogen and oxygen atoms in total. The fraction of sp³-hybridized carbons (Fsp3) is 0.538. The zero-order valence-corrected chi connectivity index (χ0v) is 11.9. The summed E-state index contributed by atoms with van der Waals surface area (Å²) >= 11 is 0.995. The molecule has 0 radical (unpaired) electrons. The van der Waals surface area contributed by atoms with E-state index in [0.717, 1.165) is 37.6 Å². The predicted molar refractivity (Wildman–Crippen MR) is 79.6 cm³/mol. The van der Waals surface area contributed by atoms with Gasteiger partial charge in [0.15, 0.2) is 0 Å². The molecule has 4 N–H and O–H groups in total. The third-order valence-electron chi connectivity index (χ3n) is 3.70. The van der Waals surface area contributed by atoms with Crippen LogP contribution >= 0.6 is 11.9 Å². The molecule has 2 rings (SSSR count). The second-order valence-corrected chi connectivity index (χ2v) is 5.82. The molecule has 0 heterocycles. The standard InChI is InChI=1S/C13H19N3O3S/c14-20-11-5-6-12(13(7-11)16(18)19)15-8-9-1-3-10(17)4-2-9/h5-7,9-10,15,17H,1-4,8,14H2. The number of nitrogens with two attached hydrogens (primary N) is 1. The van der Waals surface area contributed by atoms with Gasteiger partial charge in [-0.25, -0.2) is 0 Å². The van der Waals surface area contributed by atoms with Crippen LogP contribution in [-0.2, 0) is 0 Å². The van der Waals surface area contributed by atoms with Gasteiger partial charge in [0.1, 0.15) is 5.69 Å². The van der Waals surface area contributed by atoms with E-state index in [4.69, 9.17) is 5.14 Å². The SMILES string of the molecule is NSc1ccc(NCC2CCC(O)CC2)c([N+](=O)[O-])c1. The van der Waals surface area contributed by atoms with Gasteiger partial charge in [-0.3, -0.25) is 15.3 Å². The van der Waals surface area contributed by atoms with E-state index in [-0.39, 0.29) is 11.8 Å². The minimum Gasteiger partial charge on any atom is -0.393 e. The van der Waals surface area contributed by atoms with Crippen LogP contribution in [0, 0.1) is 16.0 Å². The first-order valence-electron chi connectivity index (χ1n) is 6.67. The van der Waals surface area contributed by atoms with Crippen molar-refractivity contribution >= 4 is 23.3 Å². The van der Waals surface area contributed by atoms with Crippen LogP contribution in [0.15, 0.2) is 23.1 Å². The van der Waals surface area contributed by atoms with Crippen molar-refractivity contribution in [3.63, 3.8) is 0 Å². The number of nitrogens with zero attached hydrogens (tertiary/aromatic N) is 1. The molecular weight excluding hydrogens is 278 g/mol. The lowest BCUT2D eigenvalue weighted by Crippen LogP contribution is -2.23. The molecule has 1 saturated carbocycles. The number of benzene rings is 1. The number of nitro groups is 1. The highest BCUT2D eigenvalue weighted by molar-refractivity contribution is 7.97. The van der Waals surface area contributed by atoms with Crippen LogP contribution in [-0.4, -0.2) is 22.7 Å². The molecule has 1 aliphatic carbocycles. The fourth-order valence-electron chi connectivity index (χ4n) is 2.49. The van der Waals surface area contributed by atoms with Crippen LogP contribution in [0.5, 0.6) is 0 Å². The zero-order valence-electron chi connectivity index (χ0n) is 11.1. The molecule has 110 valence electrons. The zero-order chi connectivity index (χ0) is 14.5. The van der Waals surface area contributed by atoms with Gasteiger partial charge in [-0.1, -0.05) is 0 Å². The molecule has 0 unspecified atom stereocenters. The summed E-state index contributed by atoms with van der Waals surface area (Å²) in [4.78, 5) is 11.3. The summed E-state index contributed by atoms with van der Waals surface area (Å²) in [6.07, 6.45) is 3.37. The van der Waals surface area contributed by atoms with Gasteiger partial charge in [-0.2, -0.15) is 0 Å². The molecule has 0 bridgehead atoms. The van der Waals surface area contributed by atoms with E-state index in [2.05, 4.69) is 5.32 Å². The normalized spacial score (nSPS) is 22.5. The largest absolute Gasteiger partial charge is 0.393 e. The number of hydrogen-bond donors (Lipinski definition) is 3. The Balaban J connectivity index is 2.00. The molecule has 0 atom stereocenters. The first-order chi connectivity index (χ1) is 9.60. The van der Waals surface area contributed by atoms with Crippen LogP contribution in [0.4, 0.5) is 11.4 Å². The van der Waals surface area contributed by atoms with Gasteiger partial charge in [0.25, 0.3) is 5.69 Å². The lowest BCUT2D eigenvalue weighted by Gasteiger charge is -2.25. The quantitative estimate of drug-likeness (QED) is 0.438. The first kappa shape index (κ1) is 15.1. The van der Waals surface area contributed by atoms with E-state index in [9.17, 15) is 15.2 Å². The van der Waals surface area contributed by atoms with Crippen LogP contribution in [0.1, 0.15) is 25.7 Å². The number of nitrogens with one attached hydrogen (secondary N) is 1. The summed E-state index contributed by atoms with van der Waals surface area (Å²) in [7, 11) is 0. The van der Waals surface area contributed by atoms with Crippen molar-refractivity contribution in [2.24, 2.45) is 11.1 Å². The number of aliphatic hydroxyl groups is 1. The molecule has 1 fully saturated rings. The van der Waals surface area contributed by atoms with Crippen LogP contribution < -0.4 is 10.5 Å². The predicted octanol–water partition coefficient (Wildman–Crippen LogP) is 2.52. The van der Waals surface area contributed by atoms with E-state index in [1.54, 1.807) is 12.1 Å². The minimum atomic E-state index is -0.396. The Morgan fingerprint density at radius 2 is 2.10 bits per heavy atom. The second kappa shape index (κ2) is 6.92. The molecule has 7 heteroatoms. The molecule has 1 aliphatic rings. The molecule has 0 spiro atoms. The Bertz CT molecular complexity index is 476. The molecule has 1 aromatic rings. The number of anilines is 1. The van der Waals surface area contributed by atoms with Crippen molar-refractivity contribution in [2.45, 2.75) is 36.7 Å². The molecule has 0 aliphatic heterocycles. The molecule has 0 aromatic heterocycles. The lowest BCUT2D eigenvalue weighted by atomic mass is 9.87. The lowest BCUT2D eigenvalue weighted by molar-refractivity contribution is -0.384. The topological polar surface area (TPSA) is 101 Å². The highest BCUT2D eigenvalue weighted by atomic mass is 32.2. The van der Waals surface area contributed by atoms with Crippen LogP contribution in [0.2, 0.25) is 0 Å². The maximum absolute atomic E-state index is 11.1. The summed E-state index contributed by atoms with van der Waals surface area (Å²) < 4.78 is 0. The molecule has 0 amide bonds. The Morgan fingerprint density at radius 3 is 2.70 bits per heavy atom. The van der Waals surface area contributed by atoms with Crippen LogP contribution in [0.3, 0.4) is 0 Å².